The minimum atomic E-state index is -4.46. The van der Waals surface area contributed by atoms with Crippen molar-refractivity contribution in [3.05, 3.63) is 82.9 Å². The first-order valence-corrected chi connectivity index (χ1v) is 16.0. The molecule has 7 rings (SSSR count). The normalized spacial score (nSPS) is 13.1. The topological polar surface area (TPSA) is 50.5 Å². The number of benzene rings is 3. The molecule has 4 heterocycles. The fourth-order valence-electron chi connectivity index (χ4n) is 5.14. The molecule has 0 atom stereocenters. The largest absolute Gasteiger partial charge is 0.416 e. The number of hydrogen-bond donors (Lipinski definition) is 0. The van der Waals surface area contributed by atoms with Crippen LogP contribution in [-0.4, -0.2) is 8.75 Å². The third-order valence-electron chi connectivity index (χ3n) is 7.28. The average Bonchev–Trinajstić information content (AvgIpc) is 3.78. The van der Waals surface area contributed by atoms with Gasteiger partial charge in [0.15, 0.2) is 0 Å². The van der Waals surface area contributed by atoms with E-state index in [0.29, 0.717) is 54.4 Å². The summed E-state index contributed by atoms with van der Waals surface area (Å²) in [6, 6.07) is 15.8. The number of hydrogen-bond acceptors (Lipinski definition) is 7. The van der Waals surface area contributed by atoms with Crippen LogP contribution in [0, 0.1) is 13.8 Å². The van der Waals surface area contributed by atoms with Gasteiger partial charge in [0.1, 0.15) is 22.4 Å². The second kappa shape index (κ2) is 10.4. The Morgan fingerprint density at radius 3 is 1.36 bits per heavy atom. The van der Waals surface area contributed by atoms with E-state index in [2.05, 4.69) is 17.5 Å². The molecule has 3 aromatic carbocycles. The van der Waals surface area contributed by atoms with E-state index in [0.717, 1.165) is 45.0 Å². The Hall–Kier alpha value is -3.72. The molecule has 0 amide bonds. The van der Waals surface area contributed by atoms with Gasteiger partial charge in [-0.25, -0.2) is 0 Å². The summed E-state index contributed by atoms with van der Waals surface area (Å²) in [5.74, 6) is 0. The molecule has 1 aliphatic rings. The minimum Gasteiger partial charge on any atom is -0.172 e. The second-order valence-electron chi connectivity index (χ2n) is 10.1. The number of aryl methyl sites for hydroxylation is 2. The Morgan fingerprint density at radius 1 is 0.545 bits per heavy atom. The predicted octanol–water partition coefficient (Wildman–Crippen LogP) is 11.9. The van der Waals surface area contributed by atoms with Crippen LogP contribution in [0.5, 0.6) is 0 Å². The average molecular weight is 675 g/mol. The molecular formula is C30H16F6N4S4. The first-order valence-electron chi connectivity index (χ1n) is 12.9. The van der Waals surface area contributed by atoms with Crippen molar-refractivity contribution < 1.29 is 26.3 Å². The highest BCUT2D eigenvalue weighted by atomic mass is 32.1. The fourth-order valence-corrected chi connectivity index (χ4v) is 8.36. The van der Waals surface area contributed by atoms with Gasteiger partial charge in [0.25, 0.3) is 0 Å². The lowest BCUT2D eigenvalue weighted by molar-refractivity contribution is -0.138. The van der Waals surface area contributed by atoms with Crippen LogP contribution in [0.4, 0.5) is 37.7 Å². The molecule has 0 unspecified atom stereocenters. The molecule has 3 aromatic heterocycles. The summed E-state index contributed by atoms with van der Waals surface area (Å²) in [5.41, 5.74) is 3.51. The van der Waals surface area contributed by atoms with Gasteiger partial charge < -0.3 is 0 Å². The van der Waals surface area contributed by atoms with Gasteiger partial charge in [-0.05, 0) is 72.5 Å². The van der Waals surface area contributed by atoms with Crippen molar-refractivity contribution >= 4 is 68.2 Å². The van der Waals surface area contributed by atoms with E-state index < -0.39 is 23.5 Å². The third kappa shape index (κ3) is 4.89. The first-order chi connectivity index (χ1) is 20.9. The molecule has 1 aliphatic heterocycles. The zero-order valence-electron chi connectivity index (χ0n) is 22.5. The van der Waals surface area contributed by atoms with Crippen LogP contribution < -0.4 is 0 Å². The number of halogens is 6. The van der Waals surface area contributed by atoms with Crippen LogP contribution in [-0.2, 0) is 23.7 Å². The van der Waals surface area contributed by atoms with Crippen molar-refractivity contribution in [1.29, 1.82) is 0 Å². The van der Waals surface area contributed by atoms with E-state index in [4.69, 9.17) is 0 Å². The molecule has 4 nitrogen and oxygen atoms in total. The minimum absolute atomic E-state index is 0.152. The van der Waals surface area contributed by atoms with Gasteiger partial charge in [0, 0.05) is 30.6 Å². The van der Waals surface area contributed by atoms with E-state index >= 15 is 0 Å². The molecular weight excluding hydrogens is 659 g/mol. The summed E-state index contributed by atoms with van der Waals surface area (Å²) < 4.78 is 99.8. The zero-order chi connectivity index (χ0) is 31.0. The maximum absolute atomic E-state index is 13.6. The number of nitrogens with zero attached hydrogens (tertiary/aromatic N) is 4. The van der Waals surface area contributed by atoms with Gasteiger partial charge in [0.2, 0.25) is 0 Å². The molecule has 0 bridgehead atoms. The molecule has 0 aliphatic carbocycles. The molecule has 222 valence electrons. The summed E-state index contributed by atoms with van der Waals surface area (Å²) >= 11 is 4.67. The SMILES string of the molecule is Cc1ccc(-c2ccc(-c3c4c(c(-c5ccc(-c6ccc(C)c(C(F)(F)F)c6)s5)c5nsnc35)N=S=N4)s2)cc1C(F)(F)F. The molecule has 0 fully saturated rings. The van der Waals surface area contributed by atoms with Crippen LogP contribution in [0.2, 0.25) is 0 Å². The lowest BCUT2D eigenvalue weighted by Gasteiger charge is -2.12. The summed E-state index contributed by atoms with van der Waals surface area (Å²) in [6.45, 7) is 2.87. The highest BCUT2D eigenvalue weighted by Gasteiger charge is 2.34. The van der Waals surface area contributed by atoms with Crippen molar-refractivity contribution in [3.8, 4) is 41.8 Å². The Kier molecular flexibility index (Phi) is 6.88. The Labute approximate surface area is 261 Å². The fraction of sp³-hybridized carbons (Fsp3) is 0.133. The standard InChI is InChI=1S/C30H16F6N4S4/c1-13-3-5-15(11-17(13)29(31,32)33)19-7-9-21(41-19)23-25-27(39-43-37-25)24(28-26(23)38-44-40-28)22-10-8-20(42-22)16-6-4-14(2)18(12-16)30(34,35)36/h3-12H,1-2H3. The highest BCUT2D eigenvalue weighted by Crippen LogP contribution is 2.55. The second-order valence-corrected chi connectivity index (χ2v) is 13.3. The van der Waals surface area contributed by atoms with Crippen LogP contribution in [0.15, 0.2) is 69.4 Å². The quantitative estimate of drug-likeness (QED) is 0.175. The number of thiophene rings is 2. The molecule has 0 saturated heterocycles. The van der Waals surface area contributed by atoms with Crippen molar-refractivity contribution in [2.45, 2.75) is 26.2 Å². The van der Waals surface area contributed by atoms with Gasteiger partial charge in [0.05, 0.1) is 34.2 Å². The summed E-state index contributed by atoms with van der Waals surface area (Å²) in [5, 5.41) is 0. The van der Waals surface area contributed by atoms with E-state index in [1.165, 1.54) is 48.7 Å². The molecule has 44 heavy (non-hydrogen) atoms. The van der Waals surface area contributed by atoms with E-state index in [1.807, 2.05) is 12.1 Å². The summed E-state index contributed by atoms with van der Waals surface area (Å²) in [6.07, 6.45) is -8.93. The number of aromatic nitrogens is 2. The van der Waals surface area contributed by atoms with Gasteiger partial charge in [-0.3, -0.25) is 0 Å². The number of alkyl halides is 6. The maximum Gasteiger partial charge on any atom is 0.416 e. The smallest absolute Gasteiger partial charge is 0.172 e. The first kappa shape index (κ1) is 29.0. The van der Waals surface area contributed by atoms with Gasteiger partial charge >= 0.3 is 12.4 Å². The van der Waals surface area contributed by atoms with Crippen molar-refractivity contribution in [3.63, 3.8) is 0 Å². The summed E-state index contributed by atoms with van der Waals surface area (Å²) in [7, 11) is 0. The lowest BCUT2D eigenvalue weighted by atomic mass is 10.0. The monoisotopic (exact) mass is 674 g/mol. The highest BCUT2D eigenvalue weighted by molar-refractivity contribution is 7.58. The van der Waals surface area contributed by atoms with Crippen molar-refractivity contribution in [2.24, 2.45) is 8.73 Å². The molecule has 0 spiro atoms. The lowest BCUT2D eigenvalue weighted by Crippen LogP contribution is -2.07. The van der Waals surface area contributed by atoms with Crippen LogP contribution in [0.25, 0.3) is 52.8 Å². The Balaban J connectivity index is 1.33. The molecule has 6 aromatic rings. The number of fused-ring (bicyclic) bond motifs is 2. The third-order valence-corrected chi connectivity index (χ3v) is 10.6. The molecule has 0 radical (unpaired) electrons. The molecule has 0 N–H and O–H groups in total. The van der Waals surface area contributed by atoms with Gasteiger partial charge in [-0.2, -0.15) is 43.8 Å². The van der Waals surface area contributed by atoms with E-state index in [-0.39, 0.29) is 11.1 Å². The van der Waals surface area contributed by atoms with Crippen LogP contribution >= 0.6 is 34.4 Å². The molecule has 0 saturated carbocycles. The van der Waals surface area contributed by atoms with Gasteiger partial charge in [-0.1, -0.05) is 24.3 Å². The van der Waals surface area contributed by atoms with Gasteiger partial charge in [-0.15, -0.1) is 22.7 Å². The summed E-state index contributed by atoms with van der Waals surface area (Å²) in [4.78, 5) is 2.81. The zero-order valence-corrected chi connectivity index (χ0v) is 25.7. The van der Waals surface area contributed by atoms with Crippen LogP contribution in [0.3, 0.4) is 0 Å². The Bertz CT molecular complexity index is 2030. The maximum atomic E-state index is 13.6. The van der Waals surface area contributed by atoms with Crippen molar-refractivity contribution in [1.82, 2.24) is 8.75 Å². The van der Waals surface area contributed by atoms with Crippen molar-refractivity contribution in [2.75, 3.05) is 0 Å². The van der Waals surface area contributed by atoms with E-state index in [1.54, 1.807) is 24.3 Å². The predicted molar refractivity (Wildman–Crippen MR) is 166 cm³/mol. The molecule has 14 heteroatoms. The van der Waals surface area contributed by atoms with Crippen LogP contribution in [0.1, 0.15) is 22.3 Å². The number of rotatable bonds is 4. The van der Waals surface area contributed by atoms with E-state index in [9.17, 15) is 26.3 Å². The Morgan fingerprint density at radius 2 is 0.955 bits per heavy atom.